The summed E-state index contributed by atoms with van der Waals surface area (Å²) in [5.41, 5.74) is 6.29. The summed E-state index contributed by atoms with van der Waals surface area (Å²) in [6.45, 7) is 3.10. The second-order valence-corrected chi connectivity index (χ2v) is 6.72. The summed E-state index contributed by atoms with van der Waals surface area (Å²) in [7, 11) is 1.42. The zero-order chi connectivity index (χ0) is 18.5. The molecular formula is C18H25FN6O. The van der Waals surface area contributed by atoms with Crippen molar-refractivity contribution in [2.45, 2.75) is 32.6 Å². The third-order valence-electron chi connectivity index (χ3n) is 4.87. The molecule has 0 spiro atoms. The number of benzene rings is 1. The Kier molecular flexibility index (Phi) is 5.70. The van der Waals surface area contributed by atoms with Crippen LogP contribution in [-0.2, 0) is 0 Å². The zero-order valence-electron chi connectivity index (χ0n) is 15.1. The van der Waals surface area contributed by atoms with Gasteiger partial charge in [0.2, 0.25) is 17.8 Å². The molecule has 2 aromatic rings. The number of hydrogen-bond acceptors (Lipinski definition) is 7. The Labute approximate surface area is 152 Å². The first kappa shape index (κ1) is 18.2. The van der Waals surface area contributed by atoms with Gasteiger partial charge in [-0.2, -0.15) is 15.0 Å². The van der Waals surface area contributed by atoms with Crippen molar-refractivity contribution in [3.05, 3.63) is 24.0 Å². The molecule has 0 saturated heterocycles. The number of nitrogen functional groups attached to an aromatic ring is 1. The predicted molar refractivity (Wildman–Crippen MR) is 100 cm³/mol. The molecule has 4 N–H and O–H groups in total. The van der Waals surface area contributed by atoms with Crippen LogP contribution in [0.1, 0.15) is 32.6 Å². The molecule has 0 aliphatic heterocycles. The van der Waals surface area contributed by atoms with Gasteiger partial charge in [0.15, 0.2) is 11.6 Å². The van der Waals surface area contributed by atoms with Gasteiger partial charge in [0.05, 0.1) is 7.11 Å². The fourth-order valence-corrected chi connectivity index (χ4v) is 3.32. The van der Waals surface area contributed by atoms with E-state index in [2.05, 4.69) is 32.5 Å². The van der Waals surface area contributed by atoms with Crippen LogP contribution in [0.15, 0.2) is 18.2 Å². The van der Waals surface area contributed by atoms with Gasteiger partial charge in [0.1, 0.15) is 0 Å². The largest absolute Gasteiger partial charge is 0.494 e. The van der Waals surface area contributed by atoms with Gasteiger partial charge in [0, 0.05) is 18.3 Å². The van der Waals surface area contributed by atoms with Crippen molar-refractivity contribution < 1.29 is 9.13 Å². The molecule has 1 aliphatic carbocycles. The number of hydrogen-bond donors (Lipinski definition) is 3. The number of nitrogens with two attached hydrogens (primary N) is 1. The lowest BCUT2D eigenvalue weighted by Gasteiger charge is -2.28. The molecule has 1 saturated carbocycles. The number of nitrogens with one attached hydrogen (secondary N) is 2. The highest BCUT2D eigenvalue weighted by molar-refractivity contribution is 5.56. The third-order valence-corrected chi connectivity index (χ3v) is 4.87. The molecule has 2 unspecified atom stereocenters. The number of ether oxygens (including phenoxy) is 1. The van der Waals surface area contributed by atoms with Gasteiger partial charge in [-0.3, -0.25) is 0 Å². The monoisotopic (exact) mass is 360 g/mol. The van der Waals surface area contributed by atoms with Gasteiger partial charge in [-0.25, -0.2) is 4.39 Å². The Morgan fingerprint density at radius 2 is 1.96 bits per heavy atom. The first-order valence-corrected chi connectivity index (χ1v) is 8.91. The Balaban J connectivity index is 1.68. The number of aromatic nitrogens is 3. The molecule has 0 bridgehead atoms. The second-order valence-electron chi connectivity index (χ2n) is 6.72. The molecule has 1 aliphatic rings. The maximum absolute atomic E-state index is 13.8. The summed E-state index contributed by atoms with van der Waals surface area (Å²) >= 11 is 0. The fourth-order valence-electron chi connectivity index (χ4n) is 3.32. The molecule has 2 atom stereocenters. The van der Waals surface area contributed by atoms with Crippen molar-refractivity contribution in [2.24, 2.45) is 11.8 Å². The van der Waals surface area contributed by atoms with Gasteiger partial charge in [-0.05, 0) is 30.4 Å². The van der Waals surface area contributed by atoms with E-state index in [1.54, 1.807) is 6.07 Å². The summed E-state index contributed by atoms with van der Waals surface area (Å²) in [5.74, 6) is 1.80. The minimum Gasteiger partial charge on any atom is -0.494 e. The molecule has 1 aromatic carbocycles. The van der Waals surface area contributed by atoms with Crippen LogP contribution < -0.4 is 21.1 Å². The van der Waals surface area contributed by atoms with Crippen LogP contribution in [0.25, 0.3) is 0 Å². The number of anilines is 4. The first-order valence-electron chi connectivity index (χ1n) is 8.91. The highest BCUT2D eigenvalue weighted by Crippen LogP contribution is 2.29. The van der Waals surface area contributed by atoms with Gasteiger partial charge in [-0.15, -0.1) is 0 Å². The van der Waals surface area contributed by atoms with E-state index in [0.29, 0.717) is 23.5 Å². The molecule has 8 heteroatoms. The molecule has 1 fully saturated rings. The van der Waals surface area contributed by atoms with E-state index in [9.17, 15) is 4.39 Å². The highest BCUT2D eigenvalue weighted by atomic mass is 19.1. The molecule has 3 rings (SSSR count). The lowest BCUT2D eigenvalue weighted by atomic mass is 9.80. The van der Waals surface area contributed by atoms with Crippen LogP contribution in [0.5, 0.6) is 5.75 Å². The molecule has 140 valence electrons. The van der Waals surface area contributed by atoms with Crippen LogP contribution in [0, 0.1) is 17.7 Å². The van der Waals surface area contributed by atoms with Gasteiger partial charge >= 0.3 is 0 Å². The van der Waals surface area contributed by atoms with Gasteiger partial charge in [-0.1, -0.05) is 26.2 Å². The third kappa shape index (κ3) is 4.50. The van der Waals surface area contributed by atoms with E-state index in [1.807, 2.05) is 0 Å². The van der Waals surface area contributed by atoms with Crippen molar-refractivity contribution in [3.63, 3.8) is 0 Å². The summed E-state index contributed by atoms with van der Waals surface area (Å²) < 4.78 is 18.7. The molecular weight excluding hydrogens is 335 g/mol. The maximum Gasteiger partial charge on any atom is 0.233 e. The first-order chi connectivity index (χ1) is 12.5. The van der Waals surface area contributed by atoms with E-state index in [0.717, 1.165) is 6.54 Å². The lowest BCUT2D eigenvalue weighted by Crippen LogP contribution is -2.25. The quantitative estimate of drug-likeness (QED) is 0.724. The van der Waals surface area contributed by atoms with Crippen molar-refractivity contribution in [2.75, 3.05) is 30.0 Å². The number of methoxy groups -OCH3 is 1. The standard InChI is InChI=1S/C18H25FN6O/c1-11-5-3-4-6-12(11)10-21-17-23-16(20)24-18(25-17)22-13-7-8-15(26-2)14(19)9-13/h7-9,11-12H,3-6,10H2,1-2H3,(H4,20,21,22,23,24,25). The van der Waals surface area contributed by atoms with Crippen LogP contribution in [0.3, 0.4) is 0 Å². The van der Waals surface area contributed by atoms with Crippen LogP contribution in [-0.4, -0.2) is 28.6 Å². The SMILES string of the molecule is COc1ccc(Nc2nc(N)nc(NCC3CCCCC3C)n2)cc1F. The molecule has 1 heterocycles. The van der Waals surface area contributed by atoms with Crippen LogP contribution in [0.2, 0.25) is 0 Å². The van der Waals surface area contributed by atoms with Crippen molar-refractivity contribution >= 4 is 23.5 Å². The maximum atomic E-state index is 13.8. The fraction of sp³-hybridized carbons (Fsp3) is 0.500. The molecule has 1 aromatic heterocycles. The van der Waals surface area contributed by atoms with E-state index in [1.165, 1.54) is 44.9 Å². The minimum atomic E-state index is -0.468. The van der Waals surface area contributed by atoms with Crippen molar-refractivity contribution in [3.8, 4) is 5.75 Å². The smallest absolute Gasteiger partial charge is 0.233 e. The van der Waals surface area contributed by atoms with E-state index < -0.39 is 5.82 Å². The van der Waals surface area contributed by atoms with E-state index >= 15 is 0 Å². The molecule has 26 heavy (non-hydrogen) atoms. The van der Waals surface area contributed by atoms with Crippen molar-refractivity contribution in [1.29, 1.82) is 0 Å². The van der Waals surface area contributed by atoms with Crippen LogP contribution >= 0.6 is 0 Å². The lowest BCUT2D eigenvalue weighted by molar-refractivity contribution is 0.268. The average Bonchev–Trinajstić information content (AvgIpc) is 2.61. The van der Waals surface area contributed by atoms with Gasteiger partial charge < -0.3 is 21.1 Å². The Hall–Kier alpha value is -2.64. The summed E-state index contributed by atoms with van der Waals surface area (Å²) in [6.07, 6.45) is 5.06. The number of nitrogens with zero attached hydrogens (tertiary/aromatic N) is 3. The Bertz CT molecular complexity index is 756. The average molecular weight is 360 g/mol. The zero-order valence-corrected chi connectivity index (χ0v) is 15.1. The molecule has 0 amide bonds. The Morgan fingerprint density at radius 1 is 1.19 bits per heavy atom. The topological polar surface area (TPSA) is 98.0 Å². The van der Waals surface area contributed by atoms with Crippen LogP contribution in [0.4, 0.5) is 27.9 Å². The predicted octanol–water partition coefficient (Wildman–Crippen LogP) is 3.58. The Morgan fingerprint density at radius 3 is 2.69 bits per heavy atom. The van der Waals surface area contributed by atoms with Crippen molar-refractivity contribution in [1.82, 2.24) is 15.0 Å². The summed E-state index contributed by atoms with van der Waals surface area (Å²) in [4.78, 5) is 12.5. The molecule has 7 nitrogen and oxygen atoms in total. The second kappa shape index (κ2) is 8.16. The highest BCUT2D eigenvalue weighted by Gasteiger charge is 2.21. The number of rotatable bonds is 6. The van der Waals surface area contributed by atoms with Gasteiger partial charge in [0.25, 0.3) is 0 Å². The molecule has 0 radical (unpaired) electrons. The van der Waals surface area contributed by atoms with E-state index in [-0.39, 0.29) is 17.6 Å². The number of halogens is 1. The summed E-state index contributed by atoms with van der Waals surface area (Å²) in [5, 5.41) is 6.21. The summed E-state index contributed by atoms with van der Waals surface area (Å²) in [6, 6.07) is 4.53. The van der Waals surface area contributed by atoms with E-state index in [4.69, 9.17) is 10.5 Å². The normalized spacial score (nSPS) is 19.8. The minimum absolute atomic E-state index is 0.107.